The average molecular weight is 320 g/mol. The normalized spacial score (nSPS) is 11.8. The highest BCUT2D eigenvalue weighted by Crippen LogP contribution is 2.21. The van der Waals surface area contributed by atoms with E-state index in [1.807, 2.05) is 30.3 Å². The lowest BCUT2D eigenvalue weighted by Gasteiger charge is -2.11. The van der Waals surface area contributed by atoms with Gasteiger partial charge >= 0.3 is 0 Å². The summed E-state index contributed by atoms with van der Waals surface area (Å²) in [5, 5.41) is 12.2. The quantitative estimate of drug-likeness (QED) is 0.850. The van der Waals surface area contributed by atoms with Crippen LogP contribution in [0.2, 0.25) is 0 Å². The second-order valence-corrected chi connectivity index (χ2v) is 5.24. The van der Waals surface area contributed by atoms with Gasteiger partial charge in [0.25, 0.3) is 5.91 Å². The Morgan fingerprint density at radius 2 is 1.89 bits per heavy atom. The molecule has 2 aromatic rings. The van der Waals surface area contributed by atoms with E-state index in [-0.39, 0.29) is 16.5 Å². The van der Waals surface area contributed by atoms with E-state index < -0.39 is 0 Å². The Balaban J connectivity index is 1.94. The number of benzene rings is 2. The maximum Gasteiger partial charge on any atom is 0.251 e. The van der Waals surface area contributed by atoms with E-state index in [9.17, 15) is 9.90 Å². The minimum Gasteiger partial charge on any atom is -0.508 e. The molecule has 0 saturated carbocycles. The lowest BCUT2D eigenvalue weighted by atomic mass is 10.1. The van der Waals surface area contributed by atoms with Crippen molar-refractivity contribution in [3.05, 3.63) is 65.7 Å². The third kappa shape index (κ3) is 3.83. The topological polar surface area (TPSA) is 49.3 Å². The molecule has 0 radical (unpaired) electrons. The third-order valence-electron chi connectivity index (χ3n) is 2.71. The molecule has 0 heterocycles. The second kappa shape index (κ2) is 6.38. The summed E-state index contributed by atoms with van der Waals surface area (Å²) in [5.41, 5.74) is 1.56. The summed E-state index contributed by atoms with van der Waals surface area (Å²) in [6.07, 6.45) is 0. The van der Waals surface area contributed by atoms with Crippen molar-refractivity contribution in [2.75, 3.05) is 6.54 Å². The molecule has 2 aromatic carbocycles. The Hall–Kier alpha value is -1.81. The predicted octanol–water partition coefficient (Wildman–Crippen LogP) is 3.26. The molecule has 0 aromatic heterocycles. The lowest BCUT2D eigenvalue weighted by molar-refractivity contribution is 0.0953. The first-order valence-corrected chi connectivity index (χ1v) is 6.84. The number of phenols is 1. The molecule has 0 bridgehead atoms. The van der Waals surface area contributed by atoms with Gasteiger partial charge in [0.05, 0.1) is 4.83 Å². The first-order chi connectivity index (χ1) is 9.16. The molecule has 0 saturated heterocycles. The van der Waals surface area contributed by atoms with Crippen LogP contribution in [-0.4, -0.2) is 17.6 Å². The van der Waals surface area contributed by atoms with E-state index in [1.165, 1.54) is 12.1 Å². The fourth-order valence-electron chi connectivity index (χ4n) is 1.71. The van der Waals surface area contributed by atoms with Crippen LogP contribution in [0.15, 0.2) is 54.6 Å². The fourth-order valence-corrected chi connectivity index (χ4v) is 2.18. The molecule has 4 heteroatoms. The van der Waals surface area contributed by atoms with Crippen LogP contribution in [0.1, 0.15) is 20.7 Å². The smallest absolute Gasteiger partial charge is 0.251 e. The molecule has 0 fully saturated rings. The highest BCUT2D eigenvalue weighted by molar-refractivity contribution is 9.09. The van der Waals surface area contributed by atoms with Gasteiger partial charge in [-0.05, 0) is 23.8 Å². The zero-order valence-electron chi connectivity index (χ0n) is 10.2. The van der Waals surface area contributed by atoms with Crippen molar-refractivity contribution >= 4 is 21.8 Å². The third-order valence-corrected chi connectivity index (χ3v) is 3.56. The summed E-state index contributed by atoms with van der Waals surface area (Å²) in [7, 11) is 0. The van der Waals surface area contributed by atoms with Crippen LogP contribution >= 0.6 is 15.9 Å². The van der Waals surface area contributed by atoms with Crippen LogP contribution in [0, 0.1) is 0 Å². The van der Waals surface area contributed by atoms with Crippen molar-refractivity contribution in [2.24, 2.45) is 0 Å². The van der Waals surface area contributed by atoms with Crippen molar-refractivity contribution < 1.29 is 9.90 Å². The molecule has 2 rings (SSSR count). The zero-order valence-corrected chi connectivity index (χ0v) is 11.8. The summed E-state index contributed by atoms with van der Waals surface area (Å²) in [4.78, 5) is 12.0. The Kier molecular flexibility index (Phi) is 4.58. The molecule has 3 nitrogen and oxygen atoms in total. The number of rotatable bonds is 4. The summed E-state index contributed by atoms with van der Waals surface area (Å²) in [5.74, 6) is -0.109. The van der Waals surface area contributed by atoms with E-state index in [2.05, 4.69) is 21.2 Å². The summed E-state index contributed by atoms with van der Waals surface area (Å²) < 4.78 is 0. The van der Waals surface area contributed by atoms with Gasteiger partial charge in [0, 0.05) is 12.1 Å². The molecular formula is C15H14BrNO2. The van der Waals surface area contributed by atoms with Crippen molar-refractivity contribution in [3.63, 3.8) is 0 Å². The van der Waals surface area contributed by atoms with Crippen LogP contribution in [0.5, 0.6) is 5.75 Å². The molecule has 0 aliphatic heterocycles. The maximum atomic E-state index is 11.9. The highest BCUT2D eigenvalue weighted by Gasteiger charge is 2.10. The largest absolute Gasteiger partial charge is 0.508 e. The van der Waals surface area contributed by atoms with Gasteiger partial charge in [-0.3, -0.25) is 4.79 Å². The molecule has 2 N–H and O–H groups in total. The number of phenolic OH excluding ortho intramolecular Hbond substituents is 1. The molecule has 1 unspecified atom stereocenters. The first-order valence-electron chi connectivity index (χ1n) is 5.93. The van der Waals surface area contributed by atoms with Crippen molar-refractivity contribution in [1.82, 2.24) is 5.32 Å². The minimum absolute atomic E-state index is 0.0648. The molecule has 0 spiro atoms. The molecule has 1 atom stereocenters. The number of alkyl halides is 1. The monoisotopic (exact) mass is 319 g/mol. The van der Waals surface area contributed by atoms with Crippen LogP contribution in [-0.2, 0) is 0 Å². The SMILES string of the molecule is O=C(NCC(Br)c1ccccc1)c1cccc(O)c1. The van der Waals surface area contributed by atoms with Gasteiger partial charge in [-0.2, -0.15) is 0 Å². The Morgan fingerprint density at radius 1 is 1.16 bits per heavy atom. The molecule has 0 aliphatic carbocycles. The van der Waals surface area contributed by atoms with Gasteiger partial charge in [-0.1, -0.05) is 52.3 Å². The van der Waals surface area contributed by atoms with E-state index >= 15 is 0 Å². The van der Waals surface area contributed by atoms with Crippen LogP contribution in [0.3, 0.4) is 0 Å². The lowest BCUT2D eigenvalue weighted by Crippen LogP contribution is -2.26. The van der Waals surface area contributed by atoms with Gasteiger partial charge in [0.15, 0.2) is 0 Å². The number of aromatic hydroxyl groups is 1. The number of amides is 1. The first kappa shape index (κ1) is 13.6. The van der Waals surface area contributed by atoms with Crippen molar-refractivity contribution in [3.8, 4) is 5.75 Å². The predicted molar refractivity (Wildman–Crippen MR) is 78.6 cm³/mol. The van der Waals surface area contributed by atoms with Gasteiger partial charge in [0.2, 0.25) is 0 Å². The standard InChI is InChI=1S/C15H14BrNO2/c16-14(11-5-2-1-3-6-11)10-17-15(19)12-7-4-8-13(18)9-12/h1-9,14,18H,10H2,(H,17,19). The molecule has 1 amide bonds. The zero-order chi connectivity index (χ0) is 13.7. The summed E-state index contributed by atoms with van der Waals surface area (Å²) >= 11 is 3.54. The summed E-state index contributed by atoms with van der Waals surface area (Å²) in [6.45, 7) is 0.485. The van der Waals surface area contributed by atoms with Gasteiger partial charge in [-0.15, -0.1) is 0 Å². The minimum atomic E-state index is -0.198. The van der Waals surface area contributed by atoms with Crippen molar-refractivity contribution in [1.29, 1.82) is 0 Å². The number of carbonyl (C=O) groups is 1. The van der Waals surface area contributed by atoms with E-state index in [4.69, 9.17) is 0 Å². The Bertz CT molecular complexity index is 557. The second-order valence-electron chi connectivity index (χ2n) is 4.14. The molecule has 19 heavy (non-hydrogen) atoms. The van der Waals surface area contributed by atoms with Crippen LogP contribution in [0.4, 0.5) is 0 Å². The van der Waals surface area contributed by atoms with E-state index in [0.29, 0.717) is 12.1 Å². The maximum absolute atomic E-state index is 11.9. The number of hydrogen-bond donors (Lipinski definition) is 2. The number of carbonyl (C=O) groups excluding carboxylic acids is 1. The van der Waals surface area contributed by atoms with E-state index in [1.54, 1.807) is 12.1 Å². The Morgan fingerprint density at radius 3 is 2.58 bits per heavy atom. The van der Waals surface area contributed by atoms with Gasteiger partial charge in [-0.25, -0.2) is 0 Å². The summed E-state index contributed by atoms with van der Waals surface area (Å²) in [6, 6.07) is 16.2. The number of nitrogens with one attached hydrogen (secondary N) is 1. The number of hydrogen-bond acceptors (Lipinski definition) is 2. The Labute approximate surface area is 120 Å². The fraction of sp³-hybridized carbons (Fsp3) is 0.133. The molecule has 98 valence electrons. The van der Waals surface area contributed by atoms with Crippen molar-refractivity contribution in [2.45, 2.75) is 4.83 Å². The van der Waals surface area contributed by atoms with Gasteiger partial charge < -0.3 is 10.4 Å². The van der Waals surface area contributed by atoms with Crippen LogP contribution < -0.4 is 5.32 Å². The van der Waals surface area contributed by atoms with Crippen LogP contribution in [0.25, 0.3) is 0 Å². The number of halogens is 1. The van der Waals surface area contributed by atoms with E-state index in [0.717, 1.165) is 5.56 Å². The van der Waals surface area contributed by atoms with Gasteiger partial charge in [0.1, 0.15) is 5.75 Å². The highest BCUT2D eigenvalue weighted by atomic mass is 79.9. The molecular weight excluding hydrogens is 306 g/mol. The average Bonchev–Trinajstić information content (AvgIpc) is 2.45. The molecule has 0 aliphatic rings.